The van der Waals surface area contributed by atoms with Crippen LogP contribution in [0.5, 0.6) is 0 Å². The second-order valence-electron chi connectivity index (χ2n) is 7.06. The predicted molar refractivity (Wildman–Crippen MR) is 96.2 cm³/mol. The Morgan fingerprint density at radius 3 is 2.48 bits per heavy atom. The first kappa shape index (κ1) is 18.0. The molecule has 1 aliphatic rings. The van der Waals surface area contributed by atoms with Crippen LogP contribution in [0.1, 0.15) is 45.6 Å². The summed E-state index contributed by atoms with van der Waals surface area (Å²) in [5.74, 6) is 0.950. The largest absolute Gasteiger partial charge is 0.325 e. The maximum Gasteiger partial charge on any atom is 0.241 e. The van der Waals surface area contributed by atoms with Crippen LogP contribution in [0.4, 0.5) is 5.69 Å². The van der Waals surface area contributed by atoms with Crippen LogP contribution < -0.4 is 11.1 Å². The van der Waals surface area contributed by atoms with E-state index in [0.717, 1.165) is 24.6 Å². The lowest BCUT2D eigenvalue weighted by atomic mass is 9.99. The van der Waals surface area contributed by atoms with Gasteiger partial charge >= 0.3 is 0 Å². The Morgan fingerprint density at radius 1 is 1.30 bits per heavy atom. The molecule has 3 N–H and O–H groups in total. The van der Waals surface area contributed by atoms with Crippen LogP contribution >= 0.6 is 0 Å². The van der Waals surface area contributed by atoms with E-state index in [4.69, 9.17) is 5.73 Å². The second kappa shape index (κ2) is 8.46. The van der Waals surface area contributed by atoms with Crippen molar-refractivity contribution in [3.8, 4) is 0 Å². The van der Waals surface area contributed by atoms with Gasteiger partial charge in [-0.25, -0.2) is 0 Å². The van der Waals surface area contributed by atoms with E-state index in [9.17, 15) is 4.79 Å². The zero-order chi connectivity index (χ0) is 16.8. The van der Waals surface area contributed by atoms with Crippen LogP contribution in [-0.4, -0.2) is 29.9 Å². The lowest BCUT2D eigenvalue weighted by Gasteiger charge is -2.30. The van der Waals surface area contributed by atoms with Crippen LogP contribution in [0.15, 0.2) is 24.3 Å². The van der Waals surface area contributed by atoms with E-state index in [2.05, 4.69) is 29.3 Å². The molecule has 4 heteroatoms. The zero-order valence-electron chi connectivity index (χ0n) is 14.7. The lowest BCUT2D eigenvalue weighted by molar-refractivity contribution is -0.118. The van der Waals surface area contributed by atoms with Crippen molar-refractivity contribution in [1.29, 1.82) is 0 Å². The summed E-state index contributed by atoms with van der Waals surface area (Å²) in [5, 5.41) is 2.92. The van der Waals surface area contributed by atoms with Gasteiger partial charge in [-0.3, -0.25) is 9.69 Å². The number of nitrogens with one attached hydrogen (secondary N) is 1. The molecule has 23 heavy (non-hydrogen) atoms. The molecule has 4 nitrogen and oxygen atoms in total. The van der Waals surface area contributed by atoms with Gasteiger partial charge in [0.05, 0.1) is 6.04 Å². The van der Waals surface area contributed by atoms with Crippen molar-refractivity contribution < 1.29 is 4.79 Å². The normalized spacial score (nSPS) is 19.3. The summed E-state index contributed by atoms with van der Waals surface area (Å²) >= 11 is 0. The van der Waals surface area contributed by atoms with Gasteiger partial charge in [-0.05, 0) is 55.5 Å². The van der Waals surface area contributed by atoms with Gasteiger partial charge in [-0.2, -0.15) is 0 Å². The Hall–Kier alpha value is -1.39. The van der Waals surface area contributed by atoms with E-state index >= 15 is 0 Å². The average molecular weight is 317 g/mol. The number of likely N-dealkylation sites (tertiary alicyclic amines) is 1. The summed E-state index contributed by atoms with van der Waals surface area (Å²) in [7, 11) is 0. The highest BCUT2D eigenvalue weighted by Gasteiger charge is 2.19. The van der Waals surface area contributed by atoms with E-state index in [1.807, 2.05) is 26.0 Å². The molecule has 2 unspecified atom stereocenters. The topological polar surface area (TPSA) is 58.4 Å². The number of amides is 1. The van der Waals surface area contributed by atoms with E-state index in [1.165, 1.54) is 31.5 Å². The molecule has 1 saturated heterocycles. The van der Waals surface area contributed by atoms with E-state index < -0.39 is 6.04 Å². The van der Waals surface area contributed by atoms with Crippen LogP contribution in [0.2, 0.25) is 0 Å². The lowest BCUT2D eigenvalue weighted by Crippen LogP contribution is -2.40. The Balaban J connectivity index is 1.85. The number of carbonyl (C=O) groups is 1. The summed E-state index contributed by atoms with van der Waals surface area (Å²) in [6.07, 6.45) is 3.49. The molecular formula is C19H31N3O. The minimum absolute atomic E-state index is 0.0999. The smallest absolute Gasteiger partial charge is 0.241 e. The standard InChI is InChI=1S/C19H31N3O/c1-4-15(3)18(20)19(23)21-17-7-5-16(6-8-17)13-22-11-9-14(2)10-12-22/h5-8,14-15,18H,4,9-13,20H2,1-3H3,(H,21,23). The number of rotatable bonds is 6. The molecule has 1 heterocycles. The summed E-state index contributed by atoms with van der Waals surface area (Å²) in [4.78, 5) is 14.6. The van der Waals surface area contributed by atoms with Crippen LogP contribution in [0.3, 0.4) is 0 Å². The second-order valence-corrected chi connectivity index (χ2v) is 7.06. The van der Waals surface area contributed by atoms with Gasteiger partial charge in [-0.15, -0.1) is 0 Å². The molecule has 2 atom stereocenters. The third kappa shape index (κ3) is 5.33. The molecule has 0 spiro atoms. The van der Waals surface area contributed by atoms with Gasteiger partial charge in [0.15, 0.2) is 0 Å². The van der Waals surface area contributed by atoms with Crippen LogP contribution in [0.25, 0.3) is 0 Å². The molecule has 0 saturated carbocycles. The quantitative estimate of drug-likeness (QED) is 0.847. The summed E-state index contributed by atoms with van der Waals surface area (Å²) in [6, 6.07) is 7.70. The van der Waals surface area contributed by atoms with Gasteiger partial charge in [0, 0.05) is 12.2 Å². The van der Waals surface area contributed by atoms with Crippen molar-refractivity contribution in [2.75, 3.05) is 18.4 Å². The van der Waals surface area contributed by atoms with Gasteiger partial charge in [0.1, 0.15) is 0 Å². The number of nitrogens with zero attached hydrogens (tertiary/aromatic N) is 1. The molecule has 1 amide bonds. The first-order valence-electron chi connectivity index (χ1n) is 8.87. The first-order chi connectivity index (χ1) is 11.0. The number of carbonyl (C=O) groups excluding carboxylic acids is 1. The third-order valence-corrected chi connectivity index (χ3v) is 5.06. The molecule has 0 bridgehead atoms. The number of hydrogen-bond acceptors (Lipinski definition) is 3. The molecule has 1 aliphatic heterocycles. The first-order valence-corrected chi connectivity index (χ1v) is 8.87. The highest BCUT2D eigenvalue weighted by Crippen LogP contribution is 2.19. The maximum atomic E-state index is 12.1. The number of nitrogens with two attached hydrogens (primary N) is 1. The predicted octanol–water partition coefficient (Wildman–Crippen LogP) is 3.23. The van der Waals surface area contributed by atoms with Crippen molar-refractivity contribution in [2.45, 2.75) is 52.6 Å². The number of benzene rings is 1. The van der Waals surface area contributed by atoms with Gasteiger partial charge in [0.2, 0.25) is 5.91 Å². The summed E-state index contributed by atoms with van der Waals surface area (Å²) in [5.41, 5.74) is 8.08. The molecular weight excluding hydrogens is 286 g/mol. The Morgan fingerprint density at radius 2 is 1.91 bits per heavy atom. The van der Waals surface area contributed by atoms with Crippen molar-refractivity contribution in [2.24, 2.45) is 17.6 Å². The molecule has 128 valence electrons. The maximum absolute atomic E-state index is 12.1. The van der Waals surface area contributed by atoms with E-state index in [0.29, 0.717) is 0 Å². The third-order valence-electron chi connectivity index (χ3n) is 5.06. The molecule has 1 aromatic carbocycles. The molecule has 0 radical (unpaired) electrons. The Labute approximate surface area is 140 Å². The van der Waals surface area contributed by atoms with Crippen molar-refractivity contribution in [3.05, 3.63) is 29.8 Å². The molecule has 1 fully saturated rings. The average Bonchev–Trinajstić information content (AvgIpc) is 2.57. The highest BCUT2D eigenvalue weighted by atomic mass is 16.2. The van der Waals surface area contributed by atoms with E-state index in [1.54, 1.807) is 0 Å². The molecule has 2 rings (SSSR count). The van der Waals surface area contributed by atoms with Gasteiger partial charge in [0.25, 0.3) is 0 Å². The highest BCUT2D eigenvalue weighted by molar-refractivity contribution is 5.94. The summed E-state index contributed by atoms with van der Waals surface area (Å²) < 4.78 is 0. The minimum Gasteiger partial charge on any atom is -0.325 e. The van der Waals surface area contributed by atoms with Crippen molar-refractivity contribution >= 4 is 11.6 Å². The number of hydrogen-bond donors (Lipinski definition) is 2. The molecule has 1 aromatic rings. The molecule has 0 aromatic heterocycles. The van der Waals surface area contributed by atoms with Crippen molar-refractivity contribution in [1.82, 2.24) is 4.90 Å². The fourth-order valence-electron chi connectivity index (χ4n) is 2.91. The van der Waals surface area contributed by atoms with Gasteiger partial charge in [-0.1, -0.05) is 39.3 Å². The SMILES string of the molecule is CCC(C)C(N)C(=O)Nc1ccc(CN2CCC(C)CC2)cc1. The van der Waals surface area contributed by atoms with Gasteiger partial charge < -0.3 is 11.1 Å². The van der Waals surface area contributed by atoms with Crippen molar-refractivity contribution in [3.63, 3.8) is 0 Å². The minimum atomic E-state index is -0.449. The Kier molecular flexibility index (Phi) is 6.60. The number of piperidine rings is 1. The Bertz CT molecular complexity index is 492. The van der Waals surface area contributed by atoms with Crippen LogP contribution in [0, 0.1) is 11.8 Å². The van der Waals surface area contributed by atoms with E-state index in [-0.39, 0.29) is 11.8 Å². The fourth-order valence-corrected chi connectivity index (χ4v) is 2.91. The zero-order valence-corrected chi connectivity index (χ0v) is 14.7. The monoisotopic (exact) mass is 317 g/mol. The molecule has 0 aliphatic carbocycles. The summed E-state index contributed by atoms with van der Waals surface area (Å²) in [6.45, 7) is 9.75. The van der Waals surface area contributed by atoms with Crippen LogP contribution in [-0.2, 0) is 11.3 Å². The number of anilines is 1. The fraction of sp³-hybridized carbons (Fsp3) is 0.632.